The quantitative estimate of drug-likeness (QED) is 0.590. The number of benzene rings is 1. The lowest BCUT2D eigenvalue weighted by Crippen LogP contribution is -2.02. The molecule has 0 radical (unpaired) electrons. The summed E-state index contributed by atoms with van der Waals surface area (Å²) in [6, 6.07) is 6.88. The minimum Gasteiger partial charge on any atom is -0.491 e. The molecule has 16 heavy (non-hydrogen) atoms. The zero-order valence-electron chi connectivity index (χ0n) is 9.35. The fourth-order valence-corrected chi connectivity index (χ4v) is 1.20. The van der Waals surface area contributed by atoms with E-state index in [1.165, 1.54) is 0 Å². The van der Waals surface area contributed by atoms with Gasteiger partial charge in [0.05, 0.1) is 6.61 Å². The summed E-state index contributed by atoms with van der Waals surface area (Å²) in [7, 11) is 0. The van der Waals surface area contributed by atoms with Crippen LogP contribution in [0.2, 0.25) is 0 Å². The Labute approximate surface area is 95.4 Å². The minimum atomic E-state index is -0.0140. The molecule has 0 aliphatic heterocycles. The van der Waals surface area contributed by atoms with Crippen molar-refractivity contribution in [2.24, 2.45) is 0 Å². The predicted molar refractivity (Wildman–Crippen MR) is 62.8 cm³/mol. The summed E-state index contributed by atoms with van der Waals surface area (Å²) in [4.78, 5) is 11.6. The summed E-state index contributed by atoms with van der Waals surface area (Å²) < 4.78 is 5.19. The van der Waals surface area contributed by atoms with Crippen molar-refractivity contribution in [3.05, 3.63) is 42.0 Å². The smallest absolute Gasteiger partial charge is 0.185 e. The van der Waals surface area contributed by atoms with E-state index in [1.807, 2.05) is 13.0 Å². The molecule has 1 rings (SSSR count). The Morgan fingerprint density at radius 2 is 2.06 bits per heavy atom. The third-order valence-electron chi connectivity index (χ3n) is 2.00. The molecule has 0 aliphatic carbocycles. The molecule has 86 valence electrons. The van der Waals surface area contributed by atoms with Gasteiger partial charge in [-0.15, -0.1) is 0 Å². The number of carbonyl (C=O) groups excluding carboxylic acids is 1. The first-order valence-electron chi connectivity index (χ1n) is 5.32. The van der Waals surface area contributed by atoms with Crippen LogP contribution in [-0.4, -0.2) is 24.1 Å². The van der Waals surface area contributed by atoms with Crippen LogP contribution in [0.5, 0.6) is 5.75 Å². The Hall–Kier alpha value is -1.61. The molecule has 0 saturated heterocycles. The van der Waals surface area contributed by atoms with Gasteiger partial charge >= 0.3 is 0 Å². The van der Waals surface area contributed by atoms with Crippen LogP contribution < -0.4 is 4.74 Å². The third-order valence-corrected chi connectivity index (χ3v) is 2.00. The molecule has 0 spiro atoms. The number of allylic oxidation sites excluding steroid dienone is 2. The maximum Gasteiger partial charge on any atom is 0.185 e. The van der Waals surface area contributed by atoms with Crippen LogP contribution in [0.3, 0.4) is 0 Å². The number of carbonyl (C=O) groups is 1. The zero-order chi connectivity index (χ0) is 11.8. The van der Waals surface area contributed by atoms with Crippen LogP contribution in [0, 0.1) is 0 Å². The standard InChI is InChI=1S/C13H16O3/c1-2-3-4-13(15)11-5-7-12(8-6-11)16-10-9-14/h3-8,14H,2,9-10H2,1H3. The van der Waals surface area contributed by atoms with Gasteiger partial charge in [-0.1, -0.05) is 13.0 Å². The molecule has 1 aromatic rings. The monoisotopic (exact) mass is 220 g/mol. The highest BCUT2D eigenvalue weighted by Crippen LogP contribution is 2.12. The van der Waals surface area contributed by atoms with E-state index >= 15 is 0 Å². The molecule has 3 nitrogen and oxygen atoms in total. The van der Waals surface area contributed by atoms with Gasteiger partial charge in [-0.3, -0.25) is 4.79 Å². The van der Waals surface area contributed by atoms with E-state index in [0.717, 1.165) is 6.42 Å². The third kappa shape index (κ3) is 3.87. The molecular formula is C13H16O3. The van der Waals surface area contributed by atoms with E-state index in [1.54, 1.807) is 30.3 Å². The van der Waals surface area contributed by atoms with Gasteiger partial charge in [0.1, 0.15) is 12.4 Å². The van der Waals surface area contributed by atoms with E-state index in [-0.39, 0.29) is 19.0 Å². The number of ketones is 1. The van der Waals surface area contributed by atoms with Gasteiger partial charge in [0.2, 0.25) is 0 Å². The Balaban J connectivity index is 2.63. The van der Waals surface area contributed by atoms with E-state index in [4.69, 9.17) is 9.84 Å². The van der Waals surface area contributed by atoms with Gasteiger partial charge in [-0.25, -0.2) is 0 Å². The van der Waals surface area contributed by atoms with Crippen molar-refractivity contribution in [2.45, 2.75) is 13.3 Å². The highest BCUT2D eigenvalue weighted by Gasteiger charge is 2.01. The van der Waals surface area contributed by atoms with Crippen LogP contribution in [0.15, 0.2) is 36.4 Å². The maximum atomic E-state index is 11.6. The topological polar surface area (TPSA) is 46.5 Å². The molecule has 0 saturated carbocycles. The first-order valence-corrected chi connectivity index (χ1v) is 5.32. The normalized spacial score (nSPS) is 10.6. The lowest BCUT2D eigenvalue weighted by molar-refractivity contribution is 0.104. The summed E-state index contributed by atoms with van der Waals surface area (Å²) in [6.45, 7) is 2.23. The van der Waals surface area contributed by atoms with Gasteiger partial charge in [0.25, 0.3) is 0 Å². The second-order valence-electron chi connectivity index (χ2n) is 3.27. The lowest BCUT2D eigenvalue weighted by Gasteiger charge is -2.03. The summed E-state index contributed by atoms with van der Waals surface area (Å²) in [5.74, 6) is 0.653. The van der Waals surface area contributed by atoms with E-state index in [0.29, 0.717) is 11.3 Å². The maximum absolute atomic E-state index is 11.6. The average Bonchev–Trinajstić information content (AvgIpc) is 2.34. The van der Waals surface area contributed by atoms with Gasteiger partial charge < -0.3 is 9.84 Å². The predicted octanol–water partition coefficient (Wildman–Crippen LogP) is 2.21. The highest BCUT2D eigenvalue weighted by atomic mass is 16.5. The van der Waals surface area contributed by atoms with Crippen molar-refractivity contribution in [2.75, 3.05) is 13.2 Å². The molecule has 0 fully saturated rings. The van der Waals surface area contributed by atoms with Crippen LogP contribution in [0.25, 0.3) is 0 Å². The Bertz CT molecular complexity index is 352. The van der Waals surface area contributed by atoms with E-state index in [9.17, 15) is 4.79 Å². The minimum absolute atomic E-state index is 0.00411. The molecule has 0 aromatic heterocycles. The molecule has 0 aliphatic rings. The molecule has 1 N–H and O–H groups in total. The zero-order valence-corrected chi connectivity index (χ0v) is 9.35. The van der Waals surface area contributed by atoms with Gasteiger partial charge in [0, 0.05) is 5.56 Å². The van der Waals surface area contributed by atoms with Crippen molar-refractivity contribution >= 4 is 5.78 Å². The number of ether oxygens (including phenoxy) is 1. The van der Waals surface area contributed by atoms with Crippen LogP contribution in [0.4, 0.5) is 0 Å². The summed E-state index contributed by atoms with van der Waals surface area (Å²) in [5.41, 5.74) is 0.640. The molecule has 1 aromatic carbocycles. The number of aliphatic hydroxyl groups excluding tert-OH is 1. The van der Waals surface area contributed by atoms with Gasteiger partial charge in [0.15, 0.2) is 5.78 Å². The first-order chi connectivity index (χ1) is 7.77. The first kappa shape index (κ1) is 12.5. The summed E-state index contributed by atoms with van der Waals surface area (Å²) in [6.07, 6.45) is 4.26. The fourth-order valence-electron chi connectivity index (χ4n) is 1.20. The molecular weight excluding hydrogens is 204 g/mol. The molecule has 0 bridgehead atoms. The average molecular weight is 220 g/mol. The van der Waals surface area contributed by atoms with Crippen LogP contribution >= 0.6 is 0 Å². The van der Waals surface area contributed by atoms with Crippen LogP contribution in [-0.2, 0) is 0 Å². The molecule has 3 heteroatoms. The molecule has 0 amide bonds. The molecule has 0 heterocycles. The Morgan fingerprint density at radius 1 is 1.38 bits per heavy atom. The highest BCUT2D eigenvalue weighted by molar-refractivity contribution is 6.04. The van der Waals surface area contributed by atoms with Crippen molar-refractivity contribution < 1.29 is 14.6 Å². The van der Waals surface area contributed by atoms with E-state index in [2.05, 4.69) is 0 Å². The summed E-state index contributed by atoms with van der Waals surface area (Å²) in [5, 5.41) is 8.58. The molecule has 0 atom stereocenters. The summed E-state index contributed by atoms with van der Waals surface area (Å²) >= 11 is 0. The van der Waals surface area contributed by atoms with Crippen molar-refractivity contribution in [1.29, 1.82) is 0 Å². The number of hydrogen-bond acceptors (Lipinski definition) is 3. The van der Waals surface area contributed by atoms with Gasteiger partial charge in [-0.05, 0) is 36.8 Å². The molecule has 0 unspecified atom stereocenters. The number of hydrogen-bond donors (Lipinski definition) is 1. The second kappa shape index (κ2) is 6.80. The van der Waals surface area contributed by atoms with E-state index < -0.39 is 0 Å². The Morgan fingerprint density at radius 3 is 2.62 bits per heavy atom. The number of aliphatic hydroxyl groups is 1. The van der Waals surface area contributed by atoms with Gasteiger partial charge in [-0.2, -0.15) is 0 Å². The van der Waals surface area contributed by atoms with Crippen molar-refractivity contribution in [1.82, 2.24) is 0 Å². The van der Waals surface area contributed by atoms with Crippen molar-refractivity contribution in [3.63, 3.8) is 0 Å². The van der Waals surface area contributed by atoms with Crippen molar-refractivity contribution in [3.8, 4) is 5.75 Å². The SMILES string of the molecule is CCC=CC(=O)c1ccc(OCCO)cc1. The number of rotatable bonds is 6. The largest absolute Gasteiger partial charge is 0.491 e. The Kier molecular flexibility index (Phi) is 5.29. The second-order valence-corrected chi connectivity index (χ2v) is 3.27. The fraction of sp³-hybridized carbons (Fsp3) is 0.308. The lowest BCUT2D eigenvalue weighted by atomic mass is 10.1. The van der Waals surface area contributed by atoms with Crippen LogP contribution in [0.1, 0.15) is 23.7 Å².